The second-order valence-electron chi connectivity index (χ2n) is 4.42. The average molecular weight is 239 g/mol. The Morgan fingerprint density at radius 1 is 1.25 bits per heavy atom. The number of hydrogen-bond acceptors (Lipinski definition) is 3. The molecule has 0 saturated heterocycles. The second kappa shape index (κ2) is 4.55. The van der Waals surface area contributed by atoms with Crippen molar-refractivity contribution in [3.8, 4) is 0 Å². The Balaban J connectivity index is 1.98. The van der Waals surface area contributed by atoms with Crippen molar-refractivity contribution in [2.45, 2.75) is 13.0 Å². The third-order valence-corrected chi connectivity index (χ3v) is 3.91. The van der Waals surface area contributed by atoms with Gasteiger partial charge in [-0.2, -0.15) is 0 Å². The number of nitrogens with zero attached hydrogens (tertiary/aromatic N) is 1. The molecule has 3 nitrogen and oxygen atoms in total. The van der Waals surface area contributed by atoms with Gasteiger partial charge in [0.2, 0.25) is 0 Å². The fraction of sp³-hybridized carbons (Fsp3) is 0.500. The van der Waals surface area contributed by atoms with Gasteiger partial charge in [-0.1, -0.05) is 24.3 Å². The molecule has 1 heterocycles. The summed E-state index contributed by atoms with van der Waals surface area (Å²) in [5, 5.41) is 0. The fourth-order valence-corrected chi connectivity index (χ4v) is 2.63. The van der Waals surface area contributed by atoms with E-state index in [4.69, 9.17) is 0 Å². The molecular weight excluding hydrogens is 222 g/mol. The first kappa shape index (κ1) is 11.6. The normalized spacial score (nSPS) is 17.1. The Labute approximate surface area is 97.0 Å². The highest BCUT2D eigenvalue weighted by Crippen LogP contribution is 2.17. The van der Waals surface area contributed by atoms with Crippen LogP contribution in [-0.4, -0.2) is 38.4 Å². The summed E-state index contributed by atoms with van der Waals surface area (Å²) in [6.45, 7) is 2.49. The van der Waals surface area contributed by atoms with E-state index in [1.807, 2.05) is 6.07 Å². The van der Waals surface area contributed by atoms with Gasteiger partial charge in [-0.3, -0.25) is 4.90 Å². The van der Waals surface area contributed by atoms with E-state index in [1.165, 1.54) is 17.4 Å². The summed E-state index contributed by atoms with van der Waals surface area (Å²) in [6, 6.07) is 8.38. The minimum Gasteiger partial charge on any atom is -0.298 e. The van der Waals surface area contributed by atoms with Crippen molar-refractivity contribution >= 4 is 9.84 Å². The maximum Gasteiger partial charge on any atom is 0.148 e. The molecule has 16 heavy (non-hydrogen) atoms. The van der Waals surface area contributed by atoms with Crippen LogP contribution in [0.4, 0.5) is 0 Å². The summed E-state index contributed by atoms with van der Waals surface area (Å²) in [5.41, 5.74) is 2.74. The molecule has 2 rings (SSSR count). The molecule has 0 atom stereocenters. The van der Waals surface area contributed by atoms with Crippen LogP contribution in [0.1, 0.15) is 11.1 Å². The quantitative estimate of drug-likeness (QED) is 0.792. The molecule has 1 aromatic carbocycles. The SMILES string of the molecule is CS(=O)(=O)CCN1CCc2ccccc2C1. The third-order valence-electron chi connectivity index (χ3n) is 2.99. The number of sulfone groups is 1. The van der Waals surface area contributed by atoms with Crippen LogP contribution in [0, 0.1) is 0 Å². The van der Waals surface area contributed by atoms with Crippen molar-refractivity contribution in [2.75, 3.05) is 25.1 Å². The largest absolute Gasteiger partial charge is 0.298 e. The molecular formula is C12H17NO2S. The van der Waals surface area contributed by atoms with Crippen LogP contribution < -0.4 is 0 Å². The van der Waals surface area contributed by atoms with Gasteiger partial charge in [0.1, 0.15) is 9.84 Å². The number of hydrogen-bond donors (Lipinski definition) is 0. The zero-order valence-electron chi connectivity index (χ0n) is 9.52. The topological polar surface area (TPSA) is 37.4 Å². The van der Waals surface area contributed by atoms with Crippen LogP contribution >= 0.6 is 0 Å². The smallest absolute Gasteiger partial charge is 0.148 e. The molecule has 4 heteroatoms. The van der Waals surface area contributed by atoms with Crippen LogP contribution in [0.3, 0.4) is 0 Å². The zero-order chi connectivity index (χ0) is 11.6. The lowest BCUT2D eigenvalue weighted by molar-refractivity contribution is 0.269. The molecule has 0 aromatic heterocycles. The molecule has 0 bridgehead atoms. The molecule has 0 N–H and O–H groups in total. The maximum atomic E-state index is 11.1. The van der Waals surface area contributed by atoms with Gasteiger partial charge in [0, 0.05) is 25.9 Å². The van der Waals surface area contributed by atoms with Gasteiger partial charge < -0.3 is 0 Å². The predicted octanol–water partition coefficient (Wildman–Crippen LogP) is 1.09. The minimum absolute atomic E-state index is 0.259. The molecule has 0 aliphatic carbocycles. The van der Waals surface area contributed by atoms with E-state index < -0.39 is 9.84 Å². The standard InChI is InChI=1S/C12H17NO2S/c1-16(14,15)9-8-13-7-6-11-4-2-3-5-12(11)10-13/h2-5H,6-10H2,1H3. The summed E-state index contributed by atoms with van der Waals surface area (Å²) in [5.74, 6) is 0.259. The Morgan fingerprint density at radius 2 is 1.94 bits per heavy atom. The van der Waals surface area contributed by atoms with E-state index in [0.29, 0.717) is 6.54 Å². The molecule has 0 radical (unpaired) electrons. The molecule has 1 aromatic rings. The van der Waals surface area contributed by atoms with Gasteiger partial charge in [0.15, 0.2) is 0 Å². The van der Waals surface area contributed by atoms with Crippen LogP contribution in [-0.2, 0) is 22.8 Å². The Morgan fingerprint density at radius 3 is 2.62 bits per heavy atom. The highest BCUT2D eigenvalue weighted by molar-refractivity contribution is 7.90. The first-order valence-corrected chi connectivity index (χ1v) is 7.57. The van der Waals surface area contributed by atoms with Crippen molar-refractivity contribution in [1.29, 1.82) is 0 Å². The fourth-order valence-electron chi connectivity index (χ4n) is 2.04. The summed E-state index contributed by atoms with van der Waals surface area (Å²) < 4.78 is 22.2. The van der Waals surface area contributed by atoms with Crippen molar-refractivity contribution in [3.05, 3.63) is 35.4 Å². The van der Waals surface area contributed by atoms with Crippen LogP contribution in [0.5, 0.6) is 0 Å². The molecule has 0 fully saturated rings. The van der Waals surface area contributed by atoms with Crippen molar-refractivity contribution in [2.24, 2.45) is 0 Å². The molecule has 0 amide bonds. The minimum atomic E-state index is -2.84. The van der Waals surface area contributed by atoms with E-state index in [0.717, 1.165) is 19.5 Å². The van der Waals surface area contributed by atoms with Crippen LogP contribution in [0.2, 0.25) is 0 Å². The average Bonchev–Trinajstić information content (AvgIpc) is 2.25. The zero-order valence-corrected chi connectivity index (χ0v) is 10.3. The Bertz CT molecular complexity index is 468. The third kappa shape index (κ3) is 3.06. The molecule has 0 unspecified atom stereocenters. The first-order chi connectivity index (χ1) is 7.54. The predicted molar refractivity (Wildman–Crippen MR) is 65.1 cm³/mol. The van der Waals surface area contributed by atoms with Crippen molar-refractivity contribution in [1.82, 2.24) is 4.90 Å². The van der Waals surface area contributed by atoms with E-state index >= 15 is 0 Å². The van der Waals surface area contributed by atoms with Crippen molar-refractivity contribution in [3.63, 3.8) is 0 Å². The Hall–Kier alpha value is -0.870. The summed E-state index contributed by atoms with van der Waals surface area (Å²) >= 11 is 0. The lowest BCUT2D eigenvalue weighted by Crippen LogP contribution is -2.34. The van der Waals surface area contributed by atoms with Gasteiger partial charge in [-0.15, -0.1) is 0 Å². The monoisotopic (exact) mass is 239 g/mol. The van der Waals surface area contributed by atoms with Crippen LogP contribution in [0.25, 0.3) is 0 Å². The lowest BCUT2D eigenvalue weighted by Gasteiger charge is -2.28. The molecule has 0 saturated carbocycles. The summed E-state index contributed by atoms with van der Waals surface area (Å²) in [7, 11) is -2.84. The summed E-state index contributed by atoms with van der Waals surface area (Å²) in [4.78, 5) is 2.21. The first-order valence-electron chi connectivity index (χ1n) is 5.51. The number of rotatable bonds is 3. The van der Waals surface area contributed by atoms with Gasteiger partial charge in [-0.25, -0.2) is 8.42 Å². The molecule has 1 aliphatic rings. The number of fused-ring (bicyclic) bond motifs is 1. The van der Waals surface area contributed by atoms with Gasteiger partial charge in [0.05, 0.1) is 5.75 Å². The highest BCUT2D eigenvalue weighted by Gasteiger charge is 2.16. The summed E-state index contributed by atoms with van der Waals surface area (Å²) in [6.07, 6.45) is 2.32. The highest BCUT2D eigenvalue weighted by atomic mass is 32.2. The van der Waals surface area contributed by atoms with Crippen molar-refractivity contribution < 1.29 is 8.42 Å². The molecule has 88 valence electrons. The van der Waals surface area contributed by atoms with Gasteiger partial charge in [-0.05, 0) is 17.5 Å². The Kier molecular flexibility index (Phi) is 3.30. The molecule has 1 aliphatic heterocycles. The van der Waals surface area contributed by atoms with E-state index in [2.05, 4.69) is 23.1 Å². The van der Waals surface area contributed by atoms with E-state index in [1.54, 1.807) is 0 Å². The van der Waals surface area contributed by atoms with Crippen LogP contribution in [0.15, 0.2) is 24.3 Å². The van der Waals surface area contributed by atoms with Gasteiger partial charge >= 0.3 is 0 Å². The molecule has 0 spiro atoms. The van der Waals surface area contributed by atoms with E-state index in [9.17, 15) is 8.42 Å². The lowest BCUT2D eigenvalue weighted by atomic mass is 10.0. The second-order valence-corrected chi connectivity index (χ2v) is 6.68. The van der Waals surface area contributed by atoms with E-state index in [-0.39, 0.29) is 5.75 Å². The van der Waals surface area contributed by atoms with Gasteiger partial charge in [0.25, 0.3) is 0 Å². The number of benzene rings is 1. The maximum absolute atomic E-state index is 11.1.